The van der Waals surface area contributed by atoms with E-state index < -0.39 is 51.3 Å². The summed E-state index contributed by atoms with van der Waals surface area (Å²) in [6.45, 7) is 5.60. The third kappa shape index (κ3) is 51.1. The second-order valence-corrected chi connectivity index (χ2v) is 5.85. The minimum Gasteiger partial charge on any atom is 0 e. The molecule has 0 radical (unpaired) electrons. The number of carboxylic acids is 2. The van der Waals surface area contributed by atoms with Gasteiger partial charge in [-0.3, -0.25) is 9.59 Å². The number of carbonyl (C=O) groups is 5. The molecule has 22 heavy (non-hydrogen) atoms. The molecule has 0 aliphatic rings. The number of hydrogen-bond donors (Lipinski definition) is 2. The summed E-state index contributed by atoms with van der Waals surface area (Å²) in [5.41, 5.74) is 0. The van der Waals surface area contributed by atoms with Gasteiger partial charge in [-0.05, 0) is 0 Å². The summed E-state index contributed by atoms with van der Waals surface area (Å²) in [6, 6.07) is 0. The summed E-state index contributed by atoms with van der Waals surface area (Å²) < 4.78 is 13.6. The van der Waals surface area contributed by atoms with Crippen molar-refractivity contribution in [2.24, 2.45) is 0 Å². The van der Waals surface area contributed by atoms with E-state index in [1.807, 2.05) is 0 Å². The molecule has 0 heterocycles. The molecule has 0 aliphatic heterocycles. The number of hydrogen-bond acceptors (Lipinski definition) is 8. The molecule has 0 aromatic rings. The second-order valence-electron chi connectivity index (χ2n) is 3.01. The summed E-state index contributed by atoms with van der Waals surface area (Å²) in [5, 5.41) is 14.8. The van der Waals surface area contributed by atoms with Crippen LogP contribution in [-0.2, 0) is 52.5 Å². The number of carbonyl (C=O) groups excluding carboxylic acids is 3. The van der Waals surface area contributed by atoms with Gasteiger partial charge in [-0.25, -0.2) is 0 Å². The van der Waals surface area contributed by atoms with Crippen molar-refractivity contribution in [2.75, 3.05) is 0 Å². The van der Waals surface area contributed by atoms with Gasteiger partial charge in [0.15, 0.2) is 0 Å². The maximum Gasteiger partial charge on any atom is 0 e. The maximum atomic E-state index is 10.5. The van der Waals surface area contributed by atoms with Gasteiger partial charge >= 0.3 is 83.6 Å². The summed E-state index contributed by atoms with van der Waals surface area (Å²) in [4.78, 5) is 49.4. The van der Waals surface area contributed by atoms with Crippen LogP contribution in [0.15, 0.2) is 0 Å². The van der Waals surface area contributed by atoms with E-state index in [9.17, 15) is 14.4 Å². The molecule has 10 nitrogen and oxygen atoms in total. The summed E-state index contributed by atoms with van der Waals surface area (Å²) in [5.74, 6) is -3.57. The molecule has 12 heteroatoms. The van der Waals surface area contributed by atoms with Crippen LogP contribution in [-0.4, -0.2) is 61.5 Å². The Morgan fingerprint density at radius 1 is 0.636 bits per heavy atom. The van der Waals surface area contributed by atoms with Crippen molar-refractivity contribution in [3.05, 3.63) is 0 Å². The molecule has 0 aromatic heterocycles. The van der Waals surface area contributed by atoms with Crippen molar-refractivity contribution < 1.29 is 62.7 Å². The van der Waals surface area contributed by atoms with Crippen molar-refractivity contribution in [3.8, 4) is 0 Å². The van der Waals surface area contributed by atoms with Crippen LogP contribution in [0, 0.1) is 0 Å². The van der Waals surface area contributed by atoms with E-state index in [1.165, 1.54) is 0 Å². The van der Waals surface area contributed by atoms with Crippen LogP contribution in [0.5, 0.6) is 0 Å². The van der Waals surface area contributed by atoms with E-state index in [0.29, 0.717) is 0 Å². The molecule has 0 atom stereocenters. The first-order chi connectivity index (χ1) is 9.38. The van der Waals surface area contributed by atoms with Gasteiger partial charge in [0.2, 0.25) is 0 Å². The number of carboxylic acid groups (broad SMARTS) is 2. The third-order valence-corrected chi connectivity index (χ3v) is 4.09. The summed E-state index contributed by atoms with van der Waals surface area (Å²) >= 11 is -3.39. The van der Waals surface area contributed by atoms with Crippen molar-refractivity contribution in [1.29, 1.82) is 0 Å². The maximum absolute atomic E-state index is 10.5. The van der Waals surface area contributed by atoms with Crippen molar-refractivity contribution >= 4 is 51.3 Å². The molecule has 0 spiro atoms. The Bertz CT molecular complexity index is 326. The Labute approximate surface area is 148 Å². The Kier molecular flexibility index (Phi) is 23.4. The predicted molar refractivity (Wildman–Crippen MR) is 67.7 cm³/mol. The van der Waals surface area contributed by atoms with Crippen LogP contribution in [0.2, 0.25) is 0 Å². The quantitative estimate of drug-likeness (QED) is 0.517. The van der Waals surface area contributed by atoms with Crippen LogP contribution >= 0.6 is 0 Å². The fraction of sp³-hybridized carbons (Fsp3) is 0.500. The fourth-order valence-electron chi connectivity index (χ4n) is 0.371. The van der Waals surface area contributed by atoms with Gasteiger partial charge in [0.25, 0.3) is 11.9 Å². The molecule has 124 valence electrons. The Morgan fingerprint density at radius 2 is 0.773 bits per heavy atom. The van der Waals surface area contributed by atoms with Gasteiger partial charge < -0.3 is 10.2 Å². The first-order valence-electron chi connectivity index (χ1n) is 5.13. The van der Waals surface area contributed by atoms with Crippen LogP contribution in [0.3, 0.4) is 0 Å². The molecular weight excluding hydrogens is 467 g/mol. The molecule has 0 aliphatic carbocycles. The van der Waals surface area contributed by atoms with Gasteiger partial charge in [0.05, 0.1) is 0 Å². The third-order valence-electron chi connectivity index (χ3n) is 0.609. The van der Waals surface area contributed by atoms with E-state index in [4.69, 9.17) is 19.8 Å². The van der Waals surface area contributed by atoms with Crippen LogP contribution in [0.25, 0.3) is 0 Å². The number of rotatable bonds is 3. The molecule has 2 N–H and O–H groups in total. The van der Waals surface area contributed by atoms with E-state index in [1.54, 1.807) is 0 Å². The predicted octanol–water partition coefficient (Wildman–Crippen LogP) is -0.160. The van der Waals surface area contributed by atoms with Crippen molar-refractivity contribution in [3.63, 3.8) is 0 Å². The summed E-state index contributed by atoms with van der Waals surface area (Å²) in [6.07, 6.45) is 0. The Hall–Kier alpha value is -1.21. The molecule has 0 amide bonds. The van der Waals surface area contributed by atoms with E-state index in [0.717, 1.165) is 34.6 Å². The first kappa shape index (κ1) is 28.9. The average molecular weight is 484 g/mol. The SMILES string of the molecule is CC(=O)O.CC(=O)O.CC(=O)[O][Sb]([O]C(C)=O)[O]C(C)=O.[Zn]. The smallest absolute Gasteiger partial charge is 0 e. The normalized spacial score (nSPS) is 7.73. The average Bonchev–Trinajstić information content (AvgIpc) is 2.10. The van der Waals surface area contributed by atoms with Crippen LogP contribution in [0.4, 0.5) is 0 Å². The van der Waals surface area contributed by atoms with Gasteiger partial charge in [0.1, 0.15) is 0 Å². The molecule has 0 fully saturated rings. The second kappa shape index (κ2) is 17.8. The molecule has 0 rings (SSSR count). The van der Waals surface area contributed by atoms with Crippen LogP contribution in [0.1, 0.15) is 34.6 Å². The zero-order valence-electron chi connectivity index (χ0n) is 12.8. The van der Waals surface area contributed by atoms with Crippen molar-refractivity contribution in [1.82, 2.24) is 0 Å². The minimum atomic E-state index is -3.39. The molecule has 0 bridgehead atoms. The zero-order valence-corrected chi connectivity index (χ0v) is 18.3. The zero-order chi connectivity index (χ0) is 17.6. The molecular formula is C10H17O10SbZn. The van der Waals surface area contributed by atoms with E-state index in [2.05, 4.69) is 9.05 Å². The summed E-state index contributed by atoms with van der Waals surface area (Å²) in [7, 11) is 0. The Morgan fingerprint density at radius 3 is 0.864 bits per heavy atom. The van der Waals surface area contributed by atoms with Crippen LogP contribution < -0.4 is 0 Å². The van der Waals surface area contributed by atoms with Gasteiger partial charge in [0, 0.05) is 33.3 Å². The molecule has 0 aromatic carbocycles. The monoisotopic (exact) mass is 482 g/mol. The van der Waals surface area contributed by atoms with E-state index in [-0.39, 0.29) is 19.5 Å². The largest absolute Gasteiger partial charge is 0 e. The van der Waals surface area contributed by atoms with E-state index >= 15 is 0 Å². The molecule has 0 unspecified atom stereocenters. The Balaban J connectivity index is -0.000000150. The van der Waals surface area contributed by atoms with Gasteiger partial charge in [-0.2, -0.15) is 0 Å². The molecule has 0 saturated heterocycles. The van der Waals surface area contributed by atoms with Crippen molar-refractivity contribution in [2.45, 2.75) is 34.6 Å². The fourth-order valence-corrected chi connectivity index (χ4v) is 2.49. The van der Waals surface area contributed by atoms with Gasteiger partial charge in [-0.15, -0.1) is 0 Å². The first-order valence-corrected chi connectivity index (χ1v) is 8.25. The standard InChI is InChI=1S/5C2H4O2.Sb.Zn/c5*1-2(3)4;;/h5*1H3,(H,3,4);;/q;;;;;+3;/p-3. The topological polar surface area (TPSA) is 153 Å². The minimum absolute atomic E-state index is 0. The van der Waals surface area contributed by atoms with Gasteiger partial charge in [-0.1, -0.05) is 0 Å². The number of aliphatic carboxylic acids is 2. The molecule has 0 saturated carbocycles.